The van der Waals surface area contributed by atoms with Crippen LogP contribution in [0.15, 0.2) is 51.8 Å². The zero-order chi connectivity index (χ0) is 21.1. The van der Waals surface area contributed by atoms with Crippen LogP contribution in [0.5, 0.6) is 5.75 Å². The molecule has 0 aliphatic carbocycles. The van der Waals surface area contributed by atoms with Gasteiger partial charge in [0.05, 0.1) is 23.7 Å². The highest BCUT2D eigenvalue weighted by atomic mass is 35.5. The molecule has 4 rings (SSSR count). The van der Waals surface area contributed by atoms with Gasteiger partial charge in [-0.25, -0.2) is 9.78 Å². The van der Waals surface area contributed by atoms with Gasteiger partial charge in [-0.2, -0.15) is 0 Å². The van der Waals surface area contributed by atoms with E-state index in [2.05, 4.69) is 19.6 Å². The lowest BCUT2D eigenvalue weighted by atomic mass is 9.93. The number of carbonyl (C=O) groups is 1. The molecule has 1 atom stereocenters. The highest BCUT2D eigenvalue weighted by Gasteiger charge is 2.22. The van der Waals surface area contributed by atoms with Crippen molar-refractivity contribution in [2.75, 3.05) is 7.11 Å². The second-order valence-corrected chi connectivity index (χ2v) is 8.42. The zero-order valence-electron chi connectivity index (χ0n) is 16.1. The summed E-state index contributed by atoms with van der Waals surface area (Å²) in [5, 5.41) is 5.17. The van der Waals surface area contributed by atoms with Crippen molar-refractivity contribution in [1.29, 1.82) is 0 Å². The van der Waals surface area contributed by atoms with Crippen LogP contribution in [0.25, 0.3) is 10.2 Å². The van der Waals surface area contributed by atoms with Crippen molar-refractivity contribution in [2.24, 2.45) is 0 Å². The number of thiazole rings is 1. The molecule has 2 heterocycles. The molecule has 4 aromatic rings. The summed E-state index contributed by atoms with van der Waals surface area (Å²) in [4.78, 5) is 31.3. The van der Waals surface area contributed by atoms with Gasteiger partial charge < -0.3 is 4.74 Å². The first kappa shape index (κ1) is 20.3. The zero-order valence-corrected chi connectivity index (χ0v) is 17.6. The van der Waals surface area contributed by atoms with Crippen molar-refractivity contribution in [3.8, 4) is 5.75 Å². The van der Waals surface area contributed by atoms with E-state index in [1.165, 1.54) is 11.3 Å². The average molecular weight is 444 g/mol. The standard InChI is InChI=1S/C21H18ClN3O4S/c1-28-16-5-2-12(3-6-16)8-13(20-24-21(27)29-25-20)9-15(26)11-19-23-17-7-4-14(22)10-18(17)30-19/h2-7,10,13H,8-9,11H2,1H3,(H,24,25,27). The molecule has 7 nitrogen and oxygen atoms in total. The predicted octanol–water partition coefficient (Wildman–Crippen LogP) is 4.16. The number of benzene rings is 2. The van der Waals surface area contributed by atoms with Crippen molar-refractivity contribution < 1.29 is 14.1 Å². The number of nitrogens with zero attached hydrogens (tertiary/aromatic N) is 2. The number of aromatic nitrogens is 3. The van der Waals surface area contributed by atoms with Crippen LogP contribution in [0.3, 0.4) is 0 Å². The molecule has 0 saturated heterocycles. The second kappa shape index (κ2) is 8.81. The summed E-state index contributed by atoms with van der Waals surface area (Å²) >= 11 is 7.48. The lowest BCUT2D eigenvalue weighted by Crippen LogP contribution is -2.14. The van der Waals surface area contributed by atoms with Crippen LogP contribution in [-0.2, 0) is 17.6 Å². The summed E-state index contributed by atoms with van der Waals surface area (Å²) < 4.78 is 10.8. The summed E-state index contributed by atoms with van der Waals surface area (Å²) in [6.07, 6.45) is 0.928. The Labute approximate surface area is 180 Å². The minimum Gasteiger partial charge on any atom is -0.497 e. The number of fused-ring (bicyclic) bond motifs is 1. The highest BCUT2D eigenvalue weighted by molar-refractivity contribution is 7.18. The number of Topliss-reactive ketones (excluding diaryl/α,β-unsaturated/α-hetero) is 1. The minimum absolute atomic E-state index is 0.00233. The Bertz CT molecular complexity index is 1230. The maximum absolute atomic E-state index is 12.8. The maximum atomic E-state index is 12.8. The van der Waals surface area contributed by atoms with Gasteiger partial charge in [0.2, 0.25) is 0 Å². The van der Waals surface area contributed by atoms with E-state index in [1.54, 1.807) is 13.2 Å². The first-order valence-electron chi connectivity index (χ1n) is 9.25. The Morgan fingerprint density at radius 1 is 1.27 bits per heavy atom. The molecule has 0 aliphatic heterocycles. The van der Waals surface area contributed by atoms with Crippen LogP contribution in [0.4, 0.5) is 0 Å². The molecule has 0 amide bonds. The van der Waals surface area contributed by atoms with E-state index >= 15 is 0 Å². The Kier molecular flexibility index (Phi) is 5.96. The smallest absolute Gasteiger partial charge is 0.438 e. The topological polar surface area (TPSA) is 98.1 Å². The molecular formula is C21H18ClN3O4S. The third-order valence-electron chi connectivity index (χ3n) is 4.70. The molecule has 1 N–H and O–H groups in total. The summed E-state index contributed by atoms with van der Waals surface area (Å²) in [6.45, 7) is 0. The van der Waals surface area contributed by atoms with Gasteiger partial charge in [-0.1, -0.05) is 28.9 Å². The Morgan fingerprint density at radius 2 is 2.07 bits per heavy atom. The van der Waals surface area contributed by atoms with Crippen molar-refractivity contribution >= 4 is 38.9 Å². The van der Waals surface area contributed by atoms with Crippen LogP contribution < -0.4 is 10.5 Å². The van der Waals surface area contributed by atoms with Crippen molar-refractivity contribution in [3.05, 3.63) is 74.4 Å². The van der Waals surface area contributed by atoms with Crippen LogP contribution in [-0.4, -0.2) is 28.0 Å². The van der Waals surface area contributed by atoms with Gasteiger partial charge in [-0.15, -0.1) is 11.3 Å². The number of hydrogen-bond acceptors (Lipinski definition) is 7. The summed E-state index contributed by atoms with van der Waals surface area (Å²) in [7, 11) is 1.60. The van der Waals surface area contributed by atoms with E-state index < -0.39 is 5.76 Å². The Morgan fingerprint density at radius 3 is 2.77 bits per heavy atom. The van der Waals surface area contributed by atoms with Gasteiger partial charge in [-0.05, 0) is 42.3 Å². The SMILES string of the molecule is COc1ccc(CC(CC(=O)Cc2nc3ccc(Cl)cc3s2)c2noc(=O)[nH]2)cc1. The molecule has 9 heteroatoms. The first-order chi connectivity index (χ1) is 14.5. The monoisotopic (exact) mass is 443 g/mol. The molecule has 2 aromatic heterocycles. The fourth-order valence-corrected chi connectivity index (χ4v) is 4.54. The maximum Gasteiger partial charge on any atom is 0.438 e. The van der Waals surface area contributed by atoms with Crippen LogP contribution in [0, 0.1) is 0 Å². The number of ketones is 1. The molecule has 1 unspecified atom stereocenters. The number of nitrogens with one attached hydrogen (secondary N) is 1. The first-order valence-corrected chi connectivity index (χ1v) is 10.4. The molecule has 0 fully saturated rings. The number of aromatic amines is 1. The molecule has 0 bridgehead atoms. The quantitative estimate of drug-likeness (QED) is 0.439. The van der Waals surface area contributed by atoms with Crippen LogP contribution in [0.1, 0.15) is 28.7 Å². The van der Waals surface area contributed by atoms with Crippen molar-refractivity contribution in [3.63, 3.8) is 0 Å². The van der Waals surface area contributed by atoms with Gasteiger partial charge in [0.15, 0.2) is 5.82 Å². The number of hydrogen-bond donors (Lipinski definition) is 1. The third-order valence-corrected chi connectivity index (χ3v) is 5.96. The molecule has 154 valence electrons. The second-order valence-electron chi connectivity index (χ2n) is 6.87. The largest absolute Gasteiger partial charge is 0.497 e. The van der Waals surface area contributed by atoms with Crippen LogP contribution in [0.2, 0.25) is 5.02 Å². The number of carbonyl (C=O) groups excluding carboxylic acids is 1. The van der Waals surface area contributed by atoms with Gasteiger partial charge in [0.1, 0.15) is 16.5 Å². The highest BCUT2D eigenvalue weighted by Crippen LogP contribution is 2.27. The Hall–Kier alpha value is -2.97. The molecule has 30 heavy (non-hydrogen) atoms. The van der Waals surface area contributed by atoms with Crippen molar-refractivity contribution in [1.82, 2.24) is 15.1 Å². The van der Waals surface area contributed by atoms with Crippen molar-refractivity contribution in [2.45, 2.75) is 25.2 Å². The minimum atomic E-state index is -0.639. The number of methoxy groups -OCH3 is 1. The summed E-state index contributed by atoms with van der Waals surface area (Å²) in [6, 6.07) is 13.0. The Balaban J connectivity index is 1.51. The van der Waals surface area contributed by atoms with E-state index in [1.807, 2.05) is 36.4 Å². The molecular weight excluding hydrogens is 426 g/mol. The molecule has 0 spiro atoms. The normalized spacial score (nSPS) is 12.2. The lowest BCUT2D eigenvalue weighted by molar-refractivity contribution is -0.118. The van der Waals surface area contributed by atoms with E-state index in [4.69, 9.17) is 16.3 Å². The number of H-pyrrole nitrogens is 1. The van der Waals surface area contributed by atoms with Gasteiger partial charge in [0.25, 0.3) is 0 Å². The molecule has 0 radical (unpaired) electrons. The van der Waals surface area contributed by atoms with Crippen LogP contribution >= 0.6 is 22.9 Å². The van der Waals surface area contributed by atoms with Gasteiger partial charge in [0, 0.05) is 17.4 Å². The van der Waals surface area contributed by atoms with Gasteiger partial charge in [-0.3, -0.25) is 14.3 Å². The third kappa shape index (κ3) is 4.77. The van der Waals surface area contributed by atoms with E-state index in [-0.39, 0.29) is 24.5 Å². The summed E-state index contributed by atoms with van der Waals surface area (Å²) in [5.41, 5.74) is 1.81. The molecule has 0 aliphatic rings. The molecule has 2 aromatic carbocycles. The lowest BCUT2D eigenvalue weighted by Gasteiger charge is -2.13. The van der Waals surface area contributed by atoms with E-state index in [0.29, 0.717) is 17.3 Å². The van der Waals surface area contributed by atoms with E-state index in [0.717, 1.165) is 26.5 Å². The fraction of sp³-hybridized carbons (Fsp3) is 0.238. The summed E-state index contributed by atoms with van der Waals surface area (Å²) in [5.74, 6) is 0.154. The number of ether oxygens (including phenoxy) is 1. The molecule has 0 saturated carbocycles. The average Bonchev–Trinajstić information content (AvgIpc) is 3.33. The number of rotatable bonds is 8. The predicted molar refractivity (Wildman–Crippen MR) is 115 cm³/mol. The van der Waals surface area contributed by atoms with Gasteiger partial charge >= 0.3 is 5.76 Å². The number of halogens is 1. The van der Waals surface area contributed by atoms with E-state index in [9.17, 15) is 9.59 Å². The fourth-order valence-electron chi connectivity index (χ4n) is 3.27.